The number of carbonyl (C=O) groups is 1. The largest absolute Gasteiger partial charge is 0.478 e. The second-order valence-corrected chi connectivity index (χ2v) is 7.42. The average molecular weight is 370 g/mol. The Morgan fingerprint density at radius 2 is 2.08 bits per heavy atom. The number of aryl methyl sites for hydroxylation is 1. The third kappa shape index (κ3) is 2.89. The number of fused-ring (bicyclic) bond motifs is 3. The molecule has 2 aromatic rings. The summed E-state index contributed by atoms with van der Waals surface area (Å²) in [5, 5.41) is 0.622. The summed E-state index contributed by atoms with van der Waals surface area (Å²) in [6, 6.07) is 9.63. The van der Waals surface area contributed by atoms with E-state index in [1.807, 2.05) is 25.1 Å². The SMILES string of the molecule is Cc1cc2c(c3c1C(=O)/C(=C/c1cccc(Cl)c1)O3)CN(C(C)C)CO2. The number of allylic oxidation sites excluding steroid dienone is 1. The van der Waals surface area contributed by atoms with Crippen molar-refractivity contribution in [1.29, 1.82) is 0 Å². The van der Waals surface area contributed by atoms with E-state index in [1.54, 1.807) is 18.2 Å². The van der Waals surface area contributed by atoms with Crippen molar-refractivity contribution in [1.82, 2.24) is 4.90 Å². The Morgan fingerprint density at radius 3 is 2.81 bits per heavy atom. The summed E-state index contributed by atoms with van der Waals surface area (Å²) in [5.74, 6) is 1.65. The number of ketones is 1. The first-order valence-corrected chi connectivity index (χ1v) is 9.05. The van der Waals surface area contributed by atoms with Gasteiger partial charge in [0, 0.05) is 17.6 Å². The molecule has 4 nitrogen and oxygen atoms in total. The van der Waals surface area contributed by atoms with E-state index in [4.69, 9.17) is 21.1 Å². The fourth-order valence-corrected chi connectivity index (χ4v) is 3.52. The van der Waals surface area contributed by atoms with Gasteiger partial charge < -0.3 is 9.47 Å². The molecular weight excluding hydrogens is 350 g/mol. The molecule has 2 aliphatic heterocycles. The van der Waals surface area contributed by atoms with Crippen LogP contribution in [0.1, 0.15) is 40.9 Å². The Bertz CT molecular complexity index is 933. The van der Waals surface area contributed by atoms with E-state index in [2.05, 4.69) is 18.7 Å². The molecule has 0 aromatic heterocycles. The molecule has 0 spiro atoms. The van der Waals surface area contributed by atoms with Crippen LogP contribution in [0.3, 0.4) is 0 Å². The maximum atomic E-state index is 12.9. The van der Waals surface area contributed by atoms with E-state index in [9.17, 15) is 4.79 Å². The molecule has 0 saturated carbocycles. The standard InChI is InChI=1S/C21H20ClNO3/c1-12(2)23-10-16-17(25-11-23)7-13(3)19-20(24)18(26-21(16)19)9-14-5-4-6-15(22)8-14/h4-9,12H,10-11H2,1-3H3/b18-9-. The normalized spacial score (nSPS) is 17.9. The van der Waals surface area contributed by atoms with Gasteiger partial charge in [-0.25, -0.2) is 0 Å². The van der Waals surface area contributed by atoms with Crippen molar-refractivity contribution in [2.24, 2.45) is 0 Å². The molecule has 4 rings (SSSR count). The van der Waals surface area contributed by atoms with E-state index in [0.717, 1.165) is 22.4 Å². The second-order valence-electron chi connectivity index (χ2n) is 6.98. The van der Waals surface area contributed by atoms with Crippen LogP contribution in [0.15, 0.2) is 36.1 Å². The van der Waals surface area contributed by atoms with Crippen LogP contribution < -0.4 is 9.47 Å². The zero-order valence-corrected chi connectivity index (χ0v) is 15.8. The molecule has 5 heteroatoms. The molecule has 0 unspecified atom stereocenters. The number of halogens is 1. The van der Waals surface area contributed by atoms with Gasteiger partial charge in [0.25, 0.3) is 0 Å². The minimum absolute atomic E-state index is 0.0954. The molecule has 0 N–H and O–H groups in total. The summed E-state index contributed by atoms with van der Waals surface area (Å²) in [4.78, 5) is 15.1. The average Bonchev–Trinajstić information content (AvgIpc) is 2.92. The van der Waals surface area contributed by atoms with Crippen molar-refractivity contribution < 1.29 is 14.3 Å². The number of benzene rings is 2. The highest BCUT2D eigenvalue weighted by Gasteiger charge is 2.35. The molecular formula is C21H20ClNO3. The van der Waals surface area contributed by atoms with Crippen LogP contribution in [0.4, 0.5) is 0 Å². The van der Waals surface area contributed by atoms with Gasteiger partial charge >= 0.3 is 0 Å². The lowest BCUT2D eigenvalue weighted by Gasteiger charge is -2.32. The predicted octanol–water partition coefficient (Wildman–Crippen LogP) is 4.82. The third-order valence-electron chi connectivity index (χ3n) is 4.83. The summed E-state index contributed by atoms with van der Waals surface area (Å²) in [6.07, 6.45) is 1.74. The van der Waals surface area contributed by atoms with E-state index in [1.165, 1.54) is 0 Å². The van der Waals surface area contributed by atoms with Crippen LogP contribution in [-0.2, 0) is 6.54 Å². The van der Waals surface area contributed by atoms with Gasteiger partial charge in [-0.2, -0.15) is 0 Å². The molecule has 2 aliphatic rings. The zero-order chi connectivity index (χ0) is 18.4. The van der Waals surface area contributed by atoms with Gasteiger partial charge in [0.05, 0.1) is 11.1 Å². The van der Waals surface area contributed by atoms with Crippen LogP contribution >= 0.6 is 11.6 Å². The highest BCUT2D eigenvalue weighted by Crippen LogP contribution is 2.44. The van der Waals surface area contributed by atoms with Crippen LogP contribution in [0.5, 0.6) is 11.5 Å². The van der Waals surface area contributed by atoms with E-state index in [0.29, 0.717) is 41.4 Å². The smallest absolute Gasteiger partial charge is 0.232 e. The van der Waals surface area contributed by atoms with Crippen LogP contribution in [-0.4, -0.2) is 23.5 Å². The van der Waals surface area contributed by atoms with Gasteiger partial charge in [-0.3, -0.25) is 9.69 Å². The van der Waals surface area contributed by atoms with Crippen molar-refractivity contribution in [3.63, 3.8) is 0 Å². The number of hydrogen-bond donors (Lipinski definition) is 0. The molecule has 0 aliphatic carbocycles. The van der Waals surface area contributed by atoms with E-state index < -0.39 is 0 Å². The topological polar surface area (TPSA) is 38.8 Å². The number of hydrogen-bond acceptors (Lipinski definition) is 4. The first-order chi connectivity index (χ1) is 12.4. The summed E-state index contributed by atoms with van der Waals surface area (Å²) in [6.45, 7) is 7.41. The summed E-state index contributed by atoms with van der Waals surface area (Å²) in [7, 11) is 0. The molecule has 2 aromatic carbocycles. The molecule has 0 atom stereocenters. The van der Waals surface area contributed by atoms with Gasteiger partial charge in [-0.15, -0.1) is 0 Å². The lowest BCUT2D eigenvalue weighted by atomic mass is 9.98. The number of rotatable bonds is 2. The molecule has 0 fully saturated rings. The van der Waals surface area contributed by atoms with Gasteiger partial charge in [0.2, 0.25) is 5.78 Å². The Balaban J connectivity index is 1.76. The fraction of sp³-hybridized carbons (Fsp3) is 0.286. The lowest BCUT2D eigenvalue weighted by Crippen LogP contribution is -2.37. The first-order valence-electron chi connectivity index (χ1n) is 8.67. The number of nitrogens with zero attached hydrogens (tertiary/aromatic N) is 1. The summed E-state index contributed by atoms with van der Waals surface area (Å²) in [5.41, 5.74) is 3.27. The van der Waals surface area contributed by atoms with Gasteiger partial charge in [0.1, 0.15) is 18.2 Å². The minimum atomic E-state index is -0.0954. The van der Waals surface area contributed by atoms with E-state index >= 15 is 0 Å². The molecule has 26 heavy (non-hydrogen) atoms. The molecule has 0 bridgehead atoms. The number of carbonyl (C=O) groups excluding carboxylic acids is 1. The highest BCUT2D eigenvalue weighted by molar-refractivity contribution is 6.30. The summed E-state index contributed by atoms with van der Waals surface area (Å²) < 4.78 is 11.9. The zero-order valence-electron chi connectivity index (χ0n) is 15.0. The quantitative estimate of drug-likeness (QED) is 0.711. The Morgan fingerprint density at radius 1 is 1.27 bits per heavy atom. The Hall–Kier alpha value is -2.30. The van der Waals surface area contributed by atoms with E-state index in [-0.39, 0.29) is 5.78 Å². The minimum Gasteiger partial charge on any atom is -0.478 e. The maximum absolute atomic E-state index is 12.9. The van der Waals surface area contributed by atoms with Gasteiger partial charge in [0.15, 0.2) is 5.76 Å². The number of ether oxygens (including phenoxy) is 2. The lowest BCUT2D eigenvalue weighted by molar-refractivity contribution is 0.0673. The van der Waals surface area contributed by atoms with Crippen LogP contribution in [0, 0.1) is 6.92 Å². The second kappa shape index (κ2) is 6.45. The van der Waals surface area contributed by atoms with Crippen LogP contribution in [0.25, 0.3) is 6.08 Å². The monoisotopic (exact) mass is 369 g/mol. The van der Waals surface area contributed by atoms with Crippen molar-refractivity contribution in [2.45, 2.75) is 33.4 Å². The third-order valence-corrected chi connectivity index (χ3v) is 5.06. The van der Waals surface area contributed by atoms with Crippen LogP contribution in [0.2, 0.25) is 5.02 Å². The van der Waals surface area contributed by atoms with Gasteiger partial charge in [-0.1, -0.05) is 23.7 Å². The molecule has 0 radical (unpaired) electrons. The van der Waals surface area contributed by atoms with Crippen molar-refractivity contribution in [2.75, 3.05) is 6.73 Å². The first kappa shape index (κ1) is 17.1. The molecule has 0 amide bonds. The Kier molecular flexibility index (Phi) is 4.25. The maximum Gasteiger partial charge on any atom is 0.232 e. The number of Topliss-reactive ketones (excluding diaryl/α,β-unsaturated/α-hetero) is 1. The van der Waals surface area contributed by atoms with Crippen molar-refractivity contribution in [3.05, 3.63) is 63.4 Å². The fourth-order valence-electron chi connectivity index (χ4n) is 3.33. The summed E-state index contributed by atoms with van der Waals surface area (Å²) >= 11 is 6.04. The Labute approximate surface area is 158 Å². The molecule has 0 saturated heterocycles. The van der Waals surface area contributed by atoms with Crippen molar-refractivity contribution >= 4 is 23.5 Å². The predicted molar refractivity (Wildman–Crippen MR) is 102 cm³/mol. The molecule has 2 heterocycles. The highest BCUT2D eigenvalue weighted by atomic mass is 35.5. The van der Waals surface area contributed by atoms with Gasteiger partial charge in [-0.05, 0) is 56.2 Å². The molecule has 134 valence electrons. The van der Waals surface area contributed by atoms with Crippen molar-refractivity contribution in [3.8, 4) is 11.5 Å².